The van der Waals surface area contributed by atoms with Crippen molar-refractivity contribution in [3.05, 3.63) is 71.8 Å². The Morgan fingerprint density at radius 3 is 1.67 bits per heavy atom. The van der Waals surface area contributed by atoms with E-state index >= 15 is 0 Å². The Balaban J connectivity index is 2.27. The van der Waals surface area contributed by atoms with Crippen molar-refractivity contribution in [1.29, 1.82) is 0 Å². The molecule has 0 aliphatic rings. The number of carbonyl (C=O) groups excluding carboxylic acids is 1. The molecule has 0 aliphatic carbocycles. The maximum absolute atomic E-state index is 13.7. The molecule has 0 aliphatic heterocycles. The highest BCUT2D eigenvalue weighted by molar-refractivity contribution is 7.55. The van der Waals surface area contributed by atoms with Crippen molar-refractivity contribution < 1.29 is 18.4 Å². The van der Waals surface area contributed by atoms with Crippen LogP contribution in [0.2, 0.25) is 0 Å². The second-order valence-corrected chi connectivity index (χ2v) is 9.09. The number of ketones is 1. The highest BCUT2D eigenvalue weighted by Gasteiger charge is 2.44. The first-order chi connectivity index (χ1) is 12.8. The number of nitrogens with two attached hydrogens (primary N) is 1. The average molecular weight is 389 g/mol. The van der Waals surface area contributed by atoms with Crippen LogP contribution >= 0.6 is 7.60 Å². The molecule has 2 atom stereocenters. The van der Waals surface area contributed by atoms with E-state index in [1.807, 2.05) is 74.5 Å². The number of hydrogen-bond acceptors (Lipinski definition) is 5. The molecule has 2 aromatic rings. The summed E-state index contributed by atoms with van der Waals surface area (Å²) >= 11 is 0. The largest absolute Gasteiger partial charge is 0.343 e. The molecule has 0 fully saturated rings. The van der Waals surface area contributed by atoms with E-state index in [-0.39, 0.29) is 24.9 Å². The summed E-state index contributed by atoms with van der Waals surface area (Å²) in [5.74, 6) is -0.339. The molecule has 27 heavy (non-hydrogen) atoms. The average Bonchev–Trinajstić information content (AvgIpc) is 2.66. The van der Waals surface area contributed by atoms with Crippen molar-refractivity contribution in [2.24, 2.45) is 11.7 Å². The minimum absolute atomic E-state index is 0.0483. The van der Waals surface area contributed by atoms with E-state index in [4.69, 9.17) is 14.8 Å². The van der Waals surface area contributed by atoms with Crippen LogP contribution in [0.25, 0.3) is 0 Å². The first-order valence-corrected chi connectivity index (χ1v) is 10.7. The zero-order valence-electron chi connectivity index (χ0n) is 16.1. The fraction of sp³-hybridized carbons (Fsp3) is 0.381. The van der Waals surface area contributed by atoms with Gasteiger partial charge in [0.25, 0.3) is 0 Å². The first kappa shape index (κ1) is 21.5. The van der Waals surface area contributed by atoms with Crippen LogP contribution in [-0.2, 0) is 31.6 Å². The van der Waals surface area contributed by atoms with Gasteiger partial charge in [-0.3, -0.25) is 9.36 Å². The third-order valence-electron chi connectivity index (χ3n) is 4.40. The van der Waals surface area contributed by atoms with Crippen molar-refractivity contribution in [3.8, 4) is 0 Å². The molecule has 0 spiro atoms. The predicted molar refractivity (Wildman–Crippen MR) is 107 cm³/mol. The lowest BCUT2D eigenvalue weighted by Gasteiger charge is -2.31. The molecular formula is C21H28NO4P. The van der Waals surface area contributed by atoms with Gasteiger partial charge in [0.1, 0.15) is 11.4 Å². The van der Waals surface area contributed by atoms with E-state index in [9.17, 15) is 9.36 Å². The molecule has 6 heteroatoms. The van der Waals surface area contributed by atoms with E-state index in [1.54, 1.807) is 0 Å². The smallest absolute Gasteiger partial charge is 0.326 e. The molecule has 2 rings (SSSR count). The van der Waals surface area contributed by atoms with Gasteiger partial charge in [-0.1, -0.05) is 74.5 Å². The van der Waals surface area contributed by atoms with E-state index in [2.05, 4.69) is 0 Å². The number of carbonyl (C=O) groups is 1. The summed E-state index contributed by atoms with van der Waals surface area (Å²) in [4.78, 5) is 12.3. The molecule has 146 valence electrons. The van der Waals surface area contributed by atoms with Crippen molar-refractivity contribution in [3.63, 3.8) is 0 Å². The molecule has 0 aromatic heterocycles. The van der Waals surface area contributed by atoms with Gasteiger partial charge in [0.2, 0.25) is 0 Å². The van der Waals surface area contributed by atoms with E-state index in [1.165, 1.54) is 6.92 Å². The molecule has 2 unspecified atom stereocenters. The van der Waals surface area contributed by atoms with Crippen LogP contribution < -0.4 is 5.73 Å². The van der Waals surface area contributed by atoms with Crippen molar-refractivity contribution in [2.45, 2.75) is 45.7 Å². The Labute approximate surface area is 161 Å². The van der Waals surface area contributed by atoms with Gasteiger partial charge in [-0.2, -0.15) is 0 Å². The minimum atomic E-state index is -3.80. The normalized spacial score (nSPS) is 14.1. The van der Waals surface area contributed by atoms with Crippen molar-refractivity contribution >= 4 is 13.4 Å². The summed E-state index contributed by atoms with van der Waals surface area (Å²) in [5.41, 5.74) is 6.92. The summed E-state index contributed by atoms with van der Waals surface area (Å²) in [7, 11) is -3.80. The van der Waals surface area contributed by atoms with Crippen molar-refractivity contribution in [2.75, 3.05) is 0 Å². The Hall–Kier alpha value is -1.78. The lowest BCUT2D eigenvalue weighted by atomic mass is 10.00. The number of benzene rings is 2. The van der Waals surface area contributed by atoms with Crippen LogP contribution in [0.3, 0.4) is 0 Å². The summed E-state index contributed by atoms with van der Waals surface area (Å²) in [5, 5.41) is 0. The van der Waals surface area contributed by atoms with E-state index in [0.717, 1.165) is 11.1 Å². The molecular weight excluding hydrogens is 361 g/mol. The second-order valence-electron chi connectivity index (χ2n) is 6.93. The monoisotopic (exact) mass is 389 g/mol. The Morgan fingerprint density at radius 1 is 0.926 bits per heavy atom. The third-order valence-corrected chi connectivity index (χ3v) is 6.77. The Morgan fingerprint density at radius 2 is 1.33 bits per heavy atom. The lowest BCUT2D eigenvalue weighted by Crippen LogP contribution is -2.43. The standard InChI is InChI=1S/C21H28NO4P/c1-16(2)20(22)21(17(3)23)27(24,25-14-18-10-6-4-7-11-18)26-15-19-12-8-5-9-13-19/h4-13,16,20-21H,14-15,22H2,1-3H3. The number of rotatable bonds is 10. The molecule has 0 radical (unpaired) electrons. The molecule has 2 aromatic carbocycles. The first-order valence-electron chi connectivity index (χ1n) is 9.06. The third kappa shape index (κ3) is 6.12. The zero-order chi connectivity index (χ0) is 19.9. The SMILES string of the molecule is CC(=O)C(C(N)C(C)C)P(=O)(OCc1ccccc1)OCc1ccccc1. The van der Waals surface area contributed by atoms with Gasteiger partial charge in [0, 0.05) is 6.04 Å². The summed E-state index contributed by atoms with van der Waals surface area (Å²) in [6.07, 6.45) is 0. The van der Waals surface area contributed by atoms with E-state index in [0.29, 0.717) is 0 Å². The highest BCUT2D eigenvalue weighted by Crippen LogP contribution is 2.56. The summed E-state index contributed by atoms with van der Waals surface area (Å²) in [6.45, 7) is 5.33. The van der Waals surface area contributed by atoms with Gasteiger partial charge in [0.05, 0.1) is 13.2 Å². The summed E-state index contributed by atoms with van der Waals surface area (Å²) in [6, 6.07) is 18.1. The van der Waals surface area contributed by atoms with Gasteiger partial charge in [0.15, 0.2) is 0 Å². The Bertz CT molecular complexity index is 717. The number of Topliss-reactive ketones (excluding diaryl/α,β-unsaturated/α-hetero) is 1. The van der Waals surface area contributed by atoms with Gasteiger partial charge in [-0.05, 0) is 24.0 Å². The fourth-order valence-electron chi connectivity index (χ4n) is 2.74. The maximum Gasteiger partial charge on any atom is 0.343 e. The van der Waals surface area contributed by atoms with E-state index < -0.39 is 19.3 Å². The van der Waals surface area contributed by atoms with Gasteiger partial charge < -0.3 is 14.8 Å². The van der Waals surface area contributed by atoms with Crippen LogP contribution in [0.15, 0.2) is 60.7 Å². The fourth-order valence-corrected chi connectivity index (χ4v) is 5.01. The van der Waals surface area contributed by atoms with Crippen LogP contribution in [-0.4, -0.2) is 17.5 Å². The van der Waals surface area contributed by atoms with Crippen LogP contribution in [0.5, 0.6) is 0 Å². The molecule has 0 saturated carbocycles. The molecule has 0 bridgehead atoms. The summed E-state index contributed by atoms with van der Waals surface area (Å²) < 4.78 is 25.2. The van der Waals surface area contributed by atoms with Crippen LogP contribution in [0.4, 0.5) is 0 Å². The second kappa shape index (κ2) is 9.95. The quantitative estimate of drug-likeness (QED) is 0.603. The molecule has 0 saturated heterocycles. The highest BCUT2D eigenvalue weighted by atomic mass is 31.2. The van der Waals surface area contributed by atoms with Crippen LogP contribution in [0, 0.1) is 5.92 Å². The van der Waals surface area contributed by atoms with Gasteiger partial charge >= 0.3 is 7.60 Å². The topological polar surface area (TPSA) is 78.6 Å². The molecule has 0 heterocycles. The predicted octanol–water partition coefficient (Wildman–Crippen LogP) is 4.55. The minimum Gasteiger partial charge on any atom is -0.326 e. The van der Waals surface area contributed by atoms with Crippen LogP contribution in [0.1, 0.15) is 31.9 Å². The maximum atomic E-state index is 13.7. The lowest BCUT2D eigenvalue weighted by molar-refractivity contribution is -0.117. The molecule has 5 nitrogen and oxygen atoms in total. The van der Waals surface area contributed by atoms with Gasteiger partial charge in [-0.25, -0.2) is 0 Å². The van der Waals surface area contributed by atoms with Gasteiger partial charge in [-0.15, -0.1) is 0 Å². The zero-order valence-corrected chi connectivity index (χ0v) is 17.0. The van der Waals surface area contributed by atoms with Crippen molar-refractivity contribution in [1.82, 2.24) is 0 Å². The Kier molecular flexibility index (Phi) is 7.93. The number of hydrogen-bond donors (Lipinski definition) is 1. The molecule has 0 amide bonds. The molecule has 2 N–H and O–H groups in total.